The van der Waals surface area contributed by atoms with E-state index in [-0.39, 0.29) is 12.1 Å². The number of morpholine rings is 1. The molecule has 0 unspecified atom stereocenters. The summed E-state index contributed by atoms with van der Waals surface area (Å²) in [5, 5.41) is 3.23. The van der Waals surface area contributed by atoms with Gasteiger partial charge in [0.05, 0.1) is 18.8 Å². The third-order valence-corrected chi connectivity index (χ3v) is 6.08. The molecule has 7 heteroatoms. The Morgan fingerprint density at radius 3 is 2.74 bits per heavy atom. The number of ether oxygens (including phenoxy) is 1. The maximum Gasteiger partial charge on any atom is 0.317 e. The van der Waals surface area contributed by atoms with Crippen LogP contribution in [0.15, 0.2) is 12.3 Å². The van der Waals surface area contributed by atoms with Crippen molar-refractivity contribution in [3.63, 3.8) is 0 Å². The van der Waals surface area contributed by atoms with Crippen molar-refractivity contribution in [3.8, 4) is 0 Å². The van der Waals surface area contributed by atoms with Crippen LogP contribution in [0, 0.1) is 5.92 Å². The van der Waals surface area contributed by atoms with Crippen molar-refractivity contribution in [2.24, 2.45) is 5.92 Å². The van der Waals surface area contributed by atoms with Gasteiger partial charge in [-0.05, 0) is 50.5 Å². The zero-order valence-electron chi connectivity index (χ0n) is 16.3. The molecule has 0 radical (unpaired) electrons. The van der Waals surface area contributed by atoms with Crippen LogP contribution in [0.25, 0.3) is 0 Å². The summed E-state index contributed by atoms with van der Waals surface area (Å²) in [5.41, 5.74) is 0.871. The Labute approximate surface area is 161 Å². The number of hydrogen-bond acceptors (Lipinski definition) is 5. The molecule has 1 N–H and O–H groups in total. The highest BCUT2D eigenvalue weighted by Gasteiger charge is 2.29. The molecule has 2 amide bonds. The predicted octanol–water partition coefficient (Wildman–Crippen LogP) is 2.74. The van der Waals surface area contributed by atoms with E-state index in [4.69, 9.17) is 9.72 Å². The second-order valence-electron chi connectivity index (χ2n) is 8.19. The molecule has 2 saturated heterocycles. The monoisotopic (exact) mass is 373 g/mol. The van der Waals surface area contributed by atoms with Gasteiger partial charge in [0.15, 0.2) is 0 Å². The first-order chi connectivity index (χ1) is 13.2. The Hall–Kier alpha value is -1.89. The Kier molecular flexibility index (Phi) is 5.76. The van der Waals surface area contributed by atoms with Crippen LogP contribution >= 0.6 is 0 Å². The molecule has 0 aromatic carbocycles. The third-order valence-electron chi connectivity index (χ3n) is 6.08. The first kappa shape index (κ1) is 18.5. The van der Waals surface area contributed by atoms with Gasteiger partial charge in [0.1, 0.15) is 6.10 Å². The highest BCUT2D eigenvalue weighted by Crippen LogP contribution is 2.25. The molecule has 7 nitrogen and oxygen atoms in total. The first-order valence-corrected chi connectivity index (χ1v) is 10.4. The standard InChI is InChI=1S/C20H31N5O2/c1-15-4-6-16(7-5-15)22-20(26)25-12-13-27-18(14-25)17-8-9-21-19(23-17)24-10-2-3-11-24/h8-9,15-16,18H,2-7,10-14H2,1H3,(H,22,26)/t15?,16?,18-/m1/s1. The summed E-state index contributed by atoms with van der Waals surface area (Å²) in [6.45, 7) is 6.06. The fourth-order valence-corrected chi connectivity index (χ4v) is 4.29. The molecule has 3 heterocycles. The molecule has 148 valence electrons. The summed E-state index contributed by atoms with van der Waals surface area (Å²) >= 11 is 0. The number of rotatable bonds is 3. The van der Waals surface area contributed by atoms with Gasteiger partial charge in [-0.2, -0.15) is 0 Å². The maximum absolute atomic E-state index is 12.7. The zero-order chi connectivity index (χ0) is 18.6. The molecule has 1 aliphatic carbocycles. The molecule has 0 bridgehead atoms. The molecule has 3 aliphatic rings. The molecule has 1 atom stereocenters. The van der Waals surface area contributed by atoms with Gasteiger partial charge in [-0.1, -0.05) is 6.92 Å². The van der Waals surface area contributed by atoms with E-state index in [1.54, 1.807) is 0 Å². The van der Waals surface area contributed by atoms with E-state index in [9.17, 15) is 4.79 Å². The normalized spacial score (nSPS) is 29.0. The molecular formula is C20H31N5O2. The van der Waals surface area contributed by atoms with Crippen LogP contribution in [0.3, 0.4) is 0 Å². The summed E-state index contributed by atoms with van der Waals surface area (Å²) in [5.74, 6) is 1.57. The van der Waals surface area contributed by atoms with Crippen molar-refractivity contribution in [1.29, 1.82) is 0 Å². The maximum atomic E-state index is 12.7. The number of nitrogens with zero attached hydrogens (tertiary/aromatic N) is 4. The van der Waals surface area contributed by atoms with Gasteiger partial charge in [-0.3, -0.25) is 0 Å². The van der Waals surface area contributed by atoms with Crippen molar-refractivity contribution in [2.45, 2.75) is 57.6 Å². The second-order valence-corrected chi connectivity index (χ2v) is 8.19. The summed E-state index contributed by atoms with van der Waals surface area (Å²) < 4.78 is 5.94. The average molecular weight is 374 g/mol. The Morgan fingerprint density at radius 2 is 1.96 bits per heavy atom. The number of aromatic nitrogens is 2. The molecule has 4 rings (SSSR count). The Bertz CT molecular complexity index is 641. The third kappa shape index (κ3) is 4.51. The smallest absolute Gasteiger partial charge is 0.317 e. The van der Waals surface area contributed by atoms with E-state index < -0.39 is 0 Å². The number of carbonyl (C=O) groups is 1. The minimum Gasteiger partial charge on any atom is -0.368 e. The van der Waals surface area contributed by atoms with E-state index in [1.807, 2.05) is 17.2 Å². The van der Waals surface area contributed by atoms with Crippen LogP contribution in [0.2, 0.25) is 0 Å². The molecule has 2 aliphatic heterocycles. The number of anilines is 1. The summed E-state index contributed by atoms with van der Waals surface area (Å²) in [6, 6.07) is 2.27. The van der Waals surface area contributed by atoms with Crippen LogP contribution in [0.1, 0.15) is 57.2 Å². The fraction of sp³-hybridized carbons (Fsp3) is 0.750. The summed E-state index contributed by atoms with van der Waals surface area (Å²) in [7, 11) is 0. The minimum absolute atomic E-state index is 0.0386. The second kappa shape index (κ2) is 8.42. The van der Waals surface area contributed by atoms with Crippen LogP contribution in [-0.4, -0.2) is 59.7 Å². The Balaban J connectivity index is 1.36. The number of amides is 2. The van der Waals surface area contributed by atoms with Gasteiger partial charge >= 0.3 is 6.03 Å². The van der Waals surface area contributed by atoms with Gasteiger partial charge in [-0.25, -0.2) is 14.8 Å². The van der Waals surface area contributed by atoms with Crippen LogP contribution < -0.4 is 10.2 Å². The van der Waals surface area contributed by atoms with Crippen molar-refractivity contribution in [2.75, 3.05) is 37.7 Å². The van der Waals surface area contributed by atoms with Crippen LogP contribution in [-0.2, 0) is 4.74 Å². The van der Waals surface area contributed by atoms with E-state index >= 15 is 0 Å². The lowest BCUT2D eigenvalue weighted by atomic mass is 9.87. The van der Waals surface area contributed by atoms with Gasteiger partial charge in [-0.15, -0.1) is 0 Å². The van der Waals surface area contributed by atoms with E-state index in [2.05, 4.69) is 22.1 Å². The number of urea groups is 1. The number of nitrogens with one attached hydrogen (secondary N) is 1. The lowest BCUT2D eigenvalue weighted by molar-refractivity contribution is -0.0181. The quantitative estimate of drug-likeness (QED) is 0.882. The highest BCUT2D eigenvalue weighted by molar-refractivity contribution is 5.74. The molecule has 1 aromatic heterocycles. The molecule has 0 spiro atoms. The van der Waals surface area contributed by atoms with Crippen molar-refractivity contribution >= 4 is 12.0 Å². The number of hydrogen-bond donors (Lipinski definition) is 1. The Morgan fingerprint density at radius 1 is 1.19 bits per heavy atom. The van der Waals surface area contributed by atoms with E-state index in [0.717, 1.165) is 43.5 Å². The molecule has 3 fully saturated rings. The average Bonchev–Trinajstić information content (AvgIpc) is 3.25. The van der Waals surface area contributed by atoms with Gasteiger partial charge in [0.25, 0.3) is 0 Å². The van der Waals surface area contributed by atoms with Crippen LogP contribution in [0.4, 0.5) is 10.7 Å². The molecule has 1 saturated carbocycles. The molecular weight excluding hydrogens is 342 g/mol. The van der Waals surface area contributed by atoms with E-state index in [0.29, 0.717) is 25.7 Å². The minimum atomic E-state index is -0.180. The summed E-state index contributed by atoms with van der Waals surface area (Å²) in [6.07, 6.45) is 8.61. The van der Waals surface area contributed by atoms with E-state index in [1.165, 1.54) is 25.7 Å². The summed E-state index contributed by atoms with van der Waals surface area (Å²) in [4.78, 5) is 26.0. The van der Waals surface area contributed by atoms with Crippen molar-refractivity contribution in [1.82, 2.24) is 20.2 Å². The topological polar surface area (TPSA) is 70.6 Å². The largest absolute Gasteiger partial charge is 0.368 e. The van der Waals surface area contributed by atoms with Crippen molar-refractivity contribution in [3.05, 3.63) is 18.0 Å². The van der Waals surface area contributed by atoms with Crippen molar-refractivity contribution < 1.29 is 9.53 Å². The molecule has 1 aromatic rings. The predicted molar refractivity (Wildman–Crippen MR) is 104 cm³/mol. The lowest BCUT2D eigenvalue weighted by Crippen LogP contribution is -2.50. The van der Waals surface area contributed by atoms with Gasteiger partial charge in [0.2, 0.25) is 5.95 Å². The van der Waals surface area contributed by atoms with Gasteiger partial charge < -0.3 is 19.9 Å². The van der Waals surface area contributed by atoms with Gasteiger partial charge in [0, 0.05) is 31.9 Å². The lowest BCUT2D eigenvalue weighted by Gasteiger charge is -2.35. The number of carbonyl (C=O) groups excluding carboxylic acids is 1. The zero-order valence-corrected chi connectivity index (χ0v) is 16.3. The fourth-order valence-electron chi connectivity index (χ4n) is 4.29. The van der Waals surface area contributed by atoms with Crippen LogP contribution in [0.5, 0.6) is 0 Å². The highest BCUT2D eigenvalue weighted by atomic mass is 16.5. The first-order valence-electron chi connectivity index (χ1n) is 10.4. The SMILES string of the molecule is CC1CCC(NC(=O)N2CCO[C@@H](c3ccnc(N4CCCC4)n3)C2)CC1. The molecule has 27 heavy (non-hydrogen) atoms.